The van der Waals surface area contributed by atoms with Gasteiger partial charge in [0.2, 0.25) is 0 Å². The van der Waals surface area contributed by atoms with Crippen LogP contribution in [0.3, 0.4) is 0 Å². The van der Waals surface area contributed by atoms with Crippen LogP contribution in [0, 0.1) is 0 Å². The molecule has 0 amide bonds. The average Bonchev–Trinajstić information content (AvgIpc) is 3.14. The topological polar surface area (TPSA) is 69.4 Å². The lowest BCUT2D eigenvalue weighted by Gasteiger charge is -2.03. The second-order valence-corrected chi connectivity index (χ2v) is 5.48. The number of phenolic OH excluding ortho intramolecular Hbond substituents is 1. The van der Waals surface area contributed by atoms with Gasteiger partial charge in [0, 0.05) is 6.20 Å². The second-order valence-electron chi connectivity index (χ2n) is 5.48. The number of aromatic nitrogens is 3. The van der Waals surface area contributed by atoms with Crippen molar-refractivity contribution in [2.75, 3.05) is 14.2 Å². The van der Waals surface area contributed by atoms with Gasteiger partial charge in [0.05, 0.1) is 20.4 Å². The smallest absolute Gasteiger partial charge is 0.161 e. The van der Waals surface area contributed by atoms with Crippen molar-refractivity contribution in [3.63, 3.8) is 0 Å². The highest BCUT2D eigenvalue weighted by molar-refractivity contribution is 5.69. The normalized spacial score (nSPS) is 11.3. The first-order valence-electron chi connectivity index (χ1n) is 7.97. The van der Waals surface area contributed by atoms with Gasteiger partial charge in [-0.05, 0) is 47.5 Å². The molecule has 1 heterocycles. The molecule has 2 aromatic carbocycles. The monoisotopic (exact) mass is 349 g/mol. The van der Waals surface area contributed by atoms with Crippen LogP contribution in [0.2, 0.25) is 0 Å². The van der Waals surface area contributed by atoms with Gasteiger partial charge in [-0.25, -0.2) is 4.68 Å². The number of ether oxygens (including phenoxy) is 2. The molecule has 0 aliphatic rings. The van der Waals surface area contributed by atoms with Gasteiger partial charge >= 0.3 is 0 Å². The van der Waals surface area contributed by atoms with E-state index in [1.54, 1.807) is 36.2 Å². The van der Waals surface area contributed by atoms with Crippen molar-refractivity contribution in [3.05, 3.63) is 65.5 Å². The summed E-state index contributed by atoms with van der Waals surface area (Å²) in [5.74, 6) is 1.34. The largest absolute Gasteiger partial charge is 0.504 e. The minimum Gasteiger partial charge on any atom is -0.504 e. The highest BCUT2D eigenvalue weighted by Crippen LogP contribution is 2.26. The minimum absolute atomic E-state index is 0.107. The van der Waals surface area contributed by atoms with Crippen molar-refractivity contribution in [3.8, 4) is 17.2 Å². The van der Waals surface area contributed by atoms with Crippen LogP contribution in [0.25, 0.3) is 24.4 Å². The molecule has 6 nitrogen and oxygen atoms in total. The number of hydrogen-bond acceptors (Lipinski definition) is 5. The van der Waals surface area contributed by atoms with Gasteiger partial charge in [-0.1, -0.05) is 29.5 Å². The maximum Gasteiger partial charge on any atom is 0.161 e. The first-order chi connectivity index (χ1) is 12.7. The highest BCUT2D eigenvalue weighted by atomic mass is 16.5. The highest BCUT2D eigenvalue weighted by Gasteiger charge is 2.01. The molecular formula is C20H19N3O3. The quantitative estimate of drug-likeness (QED) is 0.733. The average molecular weight is 349 g/mol. The summed E-state index contributed by atoms with van der Waals surface area (Å²) < 4.78 is 11.9. The third-order valence-corrected chi connectivity index (χ3v) is 3.69. The van der Waals surface area contributed by atoms with Crippen LogP contribution >= 0.6 is 0 Å². The molecule has 26 heavy (non-hydrogen) atoms. The first-order valence-corrected chi connectivity index (χ1v) is 7.97. The van der Waals surface area contributed by atoms with E-state index in [-0.39, 0.29) is 5.75 Å². The molecule has 3 rings (SSSR count). The van der Waals surface area contributed by atoms with E-state index in [2.05, 4.69) is 10.3 Å². The zero-order valence-corrected chi connectivity index (χ0v) is 14.5. The molecular weight excluding hydrogens is 330 g/mol. The fourth-order valence-electron chi connectivity index (χ4n) is 2.33. The molecule has 0 aliphatic carbocycles. The summed E-state index contributed by atoms with van der Waals surface area (Å²) in [6.45, 7) is 0. The van der Waals surface area contributed by atoms with Crippen molar-refractivity contribution in [1.82, 2.24) is 15.0 Å². The van der Waals surface area contributed by atoms with Crippen molar-refractivity contribution in [2.45, 2.75) is 0 Å². The van der Waals surface area contributed by atoms with Crippen LogP contribution in [-0.2, 0) is 0 Å². The standard InChI is InChI=1S/C20H19N3O3/c1-25-18-5-3-4-15(12-18)6-8-17-14-23(22-21-17)11-10-16-7-9-19(24)20(13-16)26-2/h3-14,24H,1-2H3/b8-6+,11-10+. The van der Waals surface area contributed by atoms with Crippen molar-refractivity contribution in [2.24, 2.45) is 0 Å². The third-order valence-electron chi connectivity index (χ3n) is 3.69. The summed E-state index contributed by atoms with van der Waals surface area (Å²) in [5.41, 5.74) is 2.63. The molecule has 0 fully saturated rings. The molecule has 1 N–H and O–H groups in total. The molecule has 0 radical (unpaired) electrons. The van der Waals surface area contributed by atoms with E-state index in [4.69, 9.17) is 9.47 Å². The Hall–Kier alpha value is -3.54. The number of hydrogen-bond donors (Lipinski definition) is 1. The van der Waals surface area contributed by atoms with Crippen molar-refractivity contribution >= 4 is 24.4 Å². The summed E-state index contributed by atoms with van der Waals surface area (Å²) in [5, 5.41) is 17.8. The summed E-state index contributed by atoms with van der Waals surface area (Å²) >= 11 is 0. The fraction of sp³-hybridized carbons (Fsp3) is 0.100. The van der Waals surface area contributed by atoms with Crippen LogP contribution in [-0.4, -0.2) is 34.3 Å². The number of aromatic hydroxyl groups is 1. The van der Waals surface area contributed by atoms with Crippen LogP contribution in [0.4, 0.5) is 0 Å². The van der Waals surface area contributed by atoms with Gasteiger partial charge in [0.15, 0.2) is 11.5 Å². The zero-order valence-electron chi connectivity index (χ0n) is 14.5. The lowest BCUT2D eigenvalue weighted by molar-refractivity contribution is 0.373. The Morgan fingerprint density at radius 3 is 2.62 bits per heavy atom. The van der Waals surface area contributed by atoms with E-state index >= 15 is 0 Å². The Balaban J connectivity index is 1.70. The Kier molecular flexibility index (Phi) is 5.34. The molecule has 3 aromatic rings. The number of benzene rings is 2. The number of phenols is 1. The van der Waals surface area contributed by atoms with Crippen LogP contribution in [0.5, 0.6) is 17.2 Å². The molecule has 0 saturated heterocycles. The van der Waals surface area contributed by atoms with Crippen LogP contribution in [0.15, 0.2) is 48.7 Å². The summed E-state index contributed by atoms with van der Waals surface area (Å²) in [6, 6.07) is 12.9. The maximum atomic E-state index is 9.62. The molecule has 0 unspecified atom stereocenters. The van der Waals surface area contributed by atoms with Gasteiger partial charge in [0.1, 0.15) is 11.4 Å². The van der Waals surface area contributed by atoms with E-state index in [9.17, 15) is 5.11 Å². The maximum absolute atomic E-state index is 9.62. The predicted octanol–water partition coefficient (Wildman–Crippen LogP) is 3.80. The number of rotatable bonds is 6. The van der Waals surface area contributed by atoms with Gasteiger partial charge in [-0.15, -0.1) is 5.10 Å². The van der Waals surface area contributed by atoms with E-state index < -0.39 is 0 Å². The Morgan fingerprint density at radius 2 is 1.81 bits per heavy atom. The summed E-state index contributed by atoms with van der Waals surface area (Å²) in [7, 11) is 3.16. The molecule has 0 saturated carbocycles. The van der Waals surface area contributed by atoms with E-state index in [0.717, 1.165) is 22.6 Å². The predicted molar refractivity (Wildman–Crippen MR) is 102 cm³/mol. The number of methoxy groups -OCH3 is 2. The van der Waals surface area contributed by atoms with E-state index in [1.165, 1.54) is 7.11 Å². The minimum atomic E-state index is 0.107. The molecule has 0 spiro atoms. The lowest BCUT2D eigenvalue weighted by Crippen LogP contribution is -1.87. The van der Waals surface area contributed by atoms with Gasteiger partial charge in [-0.3, -0.25) is 0 Å². The molecule has 1 aromatic heterocycles. The van der Waals surface area contributed by atoms with E-state index in [1.807, 2.05) is 48.7 Å². The molecule has 0 atom stereocenters. The summed E-state index contributed by atoms with van der Waals surface area (Å²) in [6.07, 6.45) is 9.28. The van der Waals surface area contributed by atoms with Crippen molar-refractivity contribution < 1.29 is 14.6 Å². The van der Waals surface area contributed by atoms with Crippen molar-refractivity contribution in [1.29, 1.82) is 0 Å². The Morgan fingerprint density at radius 1 is 0.962 bits per heavy atom. The van der Waals surface area contributed by atoms with Crippen LogP contribution in [0.1, 0.15) is 16.8 Å². The van der Waals surface area contributed by atoms with Crippen LogP contribution < -0.4 is 9.47 Å². The summed E-state index contributed by atoms with van der Waals surface area (Å²) in [4.78, 5) is 0. The second kappa shape index (κ2) is 8.02. The van der Waals surface area contributed by atoms with Gasteiger partial charge in [-0.2, -0.15) is 0 Å². The zero-order chi connectivity index (χ0) is 18.4. The molecule has 0 aliphatic heterocycles. The first kappa shape index (κ1) is 17.3. The number of nitrogens with zero attached hydrogens (tertiary/aromatic N) is 3. The molecule has 0 bridgehead atoms. The Bertz CT molecular complexity index is 945. The third kappa shape index (κ3) is 4.30. The van der Waals surface area contributed by atoms with Gasteiger partial charge in [0.25, 0.3) is 0 Å². The fourth-order valence-corrected chi connectivity index (χ4v) is 2.33. The molecule has 132 valence electrons. The lowest BCUT2D eigenvalue weighted by atomic mass is 10.2. The van der Waals surface area contributed by atoms with E-state index in [0.29, 0.717) is 5.75 Å². The molecule has 6 heteroatoms. The van der Waals surface area contributed by atoms with Gasteiger partial charge < -0.3 is 14.6 Å². The SMILES string of the molecule is COc1cccc(/C=C/c2cn(/C=C/c3ccc(O)c(OC)c3)nn2)c1. The Labute approximate surface area is 151 Å².